The third-order valence-corrected chi connectivity index (χ3v) is 8.50. The van der Waals surface area contributed by atoms with Crippen molar-refractivity contribution in [2.75, 3.05) is 13.6 Å². The highest BCUT2D eigenvalue weighted by atomic mass is 19.4. The third kappa shape index (κ3) is 12.2. The van der Waals surface area contributed by atoms with Crippen LogP contribution in [0.5, 0.6) is 23.0 Å². The molecule has 0 saturated heterocycles. The van der Waals surface area contributed by atoms with Crippen molar-refractivity contribution in [3.63, 3.8) is 0 Å². The molecule has 10 nitrogen and oxygen atoms in total. The van der Waals surface area contributed by atoms with Crippen LogP contribution < -0.4 is 18.9 Å². The quantitative estimate of drug-likeness (QED) is 0.0316. The number of rotatable bonds is 18. The van der Waals surface area contributed by atoms with Crippen LogP contribution in [0.4, 0.5) is 26.3 Å². The van der Waals surface area contributed by atoms with Gasteiger partial charge in [0, 0.05) is 24.0 Å². The molecular formula is C43H38F6O10. The zero-order valence-corrected chi connectivity index (χ0v) is 31.7. The van der Waals surface area contributed by atoms with Crippen LogP contribution in [0.2, 0.25) is 0 Å². The fraction of sp³-hybridized carbons (Fsp3) is 0.256. The van der Waals surface area contributed by atoms with Gasteiger partial charge in [0.1, 0.15) is 23.0 Å². The lowest BCUT2D eigenvalue weighted by Crippen LogP contribution is -2.54. The second-order valence-electron chi connectivity index (χ2n) is 13.0. The lowest BCUT2D eigenvalue weighted by Gasteiger charge is -2.38. The molecule has 4 rings (SSSR count). The van der Waals surface area contributed by atoms with Gasteiger partial charge in [-0.05, 0) is 97.5 Å². The molecule has 0 aliphatic heterocycles. The number of hydrogen-bond donors (Lipinski definition) is 0. The Labute approximate surface area is 334 Å². The van der Waals surface area contributed by atoms with Crippen LogP contribution in [-0.4, -0.2) is 49.8 Å². The van der Waals surface area contributed by atoms with Crippen LogP contribution in [0.15, 0.2) is 121 Å². The maximum absolute atomic E-state index is 14.7. The Morgan fingerprint density at radius 3 is 1.08 bits per heavy atom. The Hall–Kier alpha value is -6.58. The summed E-state index contributed by atoms with van der Waals surface area (Å²) in [5, 5.41) is 0. The van der Waals surface area contributed by atoms with E-state index in [9.17, 15) is 45.5 Å². The molecule has 0 heterocycles. The van der Waals surface area contributed by atoms with Crippen LogP contribution in [0.3, 0.4) is 0 Å². The van der Waals surface area contributed by atoms with E-state index >= 15 is 0 Å². The van der Waals surface area contributed by atoms with Gasteiger partial charge in [-0.25, -0.2) is 9.59 Å². The lowest BCUT2D eigenvalue weighted by atomic mass is 9.73. The number of aryl methyl sites for hydroxylation is 2. The van der Waals surface area contributed by atoms with Crippen LogP contribution in [0, 0.1) is 0 Å². The first kappa shape index (κ1) is 45.1. The Kier molecular flexibility index (Phi) is 15.1. The van der Waals surface area contributed by atoms with Crippen molar-refractivity contribution < 1.29 is 73.9 Å². The van der Waals surface area contributed by atoms with Crippen LogP contribution in [-0.2, 0) is 46.9 Å². The maximum atomic E-state index is 14.7. The number of benzene rings is 4. The second-order valence-corrected chi connectivity index (χ2v) is 13.0. The van der Waals surface area contributed by atoms with Gasteiger partial charge in [-0.1, -0.05) is 61.7 Å². The molecule has 0 fully saturated rings. The minimum absolute atomic E-state index is 0.176. The molecule has 0 aliphatic rings. The van der Waals surface area contributed by atoms with Gasteiger partial charge in [0.2, 0.25) is 19.0 Å². The number of hydrogen-bond acceptors (Lipinski definition) is 10. The molecule has 0 unspecified atom stereocenters. The molecule has 59 heavy (non-hydrogen) atoms. The van der Waals surface area contributed by atoms with Gasteiger partial charge in [-0.2, -0.15) is 26.3 Å². The van der Waals surface area contributed by atoms with E-state index in [1.807, 2.05) is 0 Å². The van der Waals surface area contributed by atoms with Crippen molar-refractivity contribution in [1.82, 2.24) is 0 Å². The standard InChI is InChI=1S/C43H38F6O10/c1-27(2)39(52)56-25-54-33-15-5-29(6-16-33)9-23-37(50)58-35-19-11-31(12-20-35)41(42(44,45)46,43(47,48)49)32-13-21-36(22-14-32)59-38(51)24-10-30-7-17-34(18-8-30)55-26-57-40(53)28(3)4/h5-8,11-22H,1,3,9-10,23-26H2,2,4H3. The smallest absolute Gasteiger partial charge is 0.411 e. The van der Waals surface area contributed by atoms with Gasteiger partial charge in [-0.3, -0.25) is 9.59 Å². The highest BCUT2D eigenvalue weighted by Crippen LogP contribution is 2.56. The van der Waals surface area contributed by atoms with E-state index in [0.717, 1.165) is 24.3 Å². The number of ether oxygens (including phenoxy) is 6. The Balaban J connectivity index is 1.36. The van der Waals surface area contributed by atoms with Gasteiger partial charge in [0.05, 0.1) is 0 Å². The highest BCUT2D eigenvalue weighted by molar-refractivity contribution is 5.87. The average Bonchev–Trinajstić information content (AvgIpc) is 3.17. The van der Waals surface area contributed by atoms with Crippen LogP contribution in [0.1, 0.15) is 48.9 Å². The van der Waals surface area contributed by atoms with E-state index < -0.39 is 52.8 Å². The average molecular weight is 829 g/mol. The highest BCUT2D eigenvalue weighted by Gasteiger charge is 2.72. The van der Waals surface area contributed by atoms with Crippen molar-refractivity contribution in [2.24, 2.45) is 0 Å². The molecule has 0 aromatic heterocycles. The van der Waals surface area contributed by atoms with Crippen molar-refractivity contribution in [2.45, 2.75) is 57.3 Å². The molecule has 0 aliphatic carbocycles. The number of alkyl halides is 6. The largest absolute Gasteiger partial charge is 0.457 e. The number of esters is 4. The summed E-state index contributed by atoms with van der Waals surface area (Å²) in [5.74, 6) is -2.64. The molecule has 0 amide bonds. The predicted octanol–water partition coefficient (Wildman–Crippen LogP) is 9.08. The molecular weight excluding hydrogens is 790 g/mol. The fourth-order valence-corrected chi connectivity index (χ4v) is 5.44. The van der Waals surface area contributed by atoms with Gasteiger partial charge in [0.15, 0.2) is 0 Å². The first-order chi connectivity index (χ1) is 27.8. The Morgan fingerprint density at radius 1 is 0.492 bits per heavy atom. The van der Waals surface area contributed by atoms with E-state index in [0.29, 0.717) is 46.9 Å². The van der Waals surface area contributed by atoms with Gasteiger partial charge in [0.25, 0.3) is 0 Å². The molecule has 4 aromatic rings. The van der Waals surface area contributed by atoms with Gasteiger partial charge >= 0.3 is 36.2 Å². The molecule has 0 radical (unpaired) electrons. The SMILES string of the molecule is C=C(C)C(=O)OCOc1ccc(CCC(=O)Oc2ccc(C(c3ccc(OC(=O)CCc4ccc(OCOC(=O)C(=C)C)cc4)cc3)(C(F)(F)F)C(F)(F)F)cc2)cc1. The minimum atomic E-state index is -5.90. The summed E-state index contributed by atoms with van der Waals surface area (Å²) in [6.07, 6.45) is -11.8. The zero-order valence-electron chi connectivity index (χ0n) is 31.7. The summed E-state index contributed by atoms with van der Waals surface area (Å²) in [6, 6.07) is 18.5. The molecule has 16 heteroatoms. The number of carbonyl (C=O) groups excluding carboxylic acids is 4. The third-order valence-electron chi connectivity index (χ3n) is 8.50. The van der Waals surface area contributed by atoms with Crippen LogP contribution >= 0.6 is 0 Å². The van der Waals surface area contributed by atoms with E-state index in [1.165, 1.54) is 13.8 Å². The molecule has 312 valence electrons. The first-order valence-corrected chi connectivity index (χ1v) is 17.6. The molecule has 0 saturated carbocycles. The summed E-state index contributed by atoms with van der Waals surface area (Å²) in [6.45, 7) is 9.19. The maximum Gasteiger partial charge on any atom is 0.411 e. The normalized spacial score (nSPS) is 11.5. The van der Waals surface area contributed by atoms with E-state index in [2.05, 4.69) is 13.2 Å². The zero-order chi connectivity index (χ0) is 43.4. The monoisotopic (exact) mass is 828 g/mol. The van der Waals surface area contributed by atoms with Gasteiger partial charge in [-0.15, -0.1) is 0 Å². The van der Waals surface area contributed by atoms with Crippen LogP contribution in [0.25, 0.3) is 0 Å². The van der Waals surface area contributed by atoms with Crippen molar-refractivity contribution >= 4 is 23.9 Å². The summed E-state index contributed by atoms with van der Waals surface area (Å²) < 4.78 is 119. The Bertz CT molecular complexity index is 1950. The molecule has 0 bridgehead atoms. The number of halogens is 6. The Morgan fingerprint density at radius 2 is 0.797 bits per heavy atom. The van der Waals surface area contributed by atoms with Crippen molar-refractivity contribution in [1.29, 1.82) is 0 Å². The summed E-state index contributed by atoms with van der Waals surface area (Å²) in [5.41, 5.74) is -5.12. The second kappa shape index (κ2) is 19.7. The van der Waals surface area contributed by atoms with E-state index in [4.69, 9.17) is 28.4 Å². The topological polar surface area (TPSA) is 124 Å². The van der Waals surface area contributed by atoms with E-state index in [1.54, 1.807) is 48.5 Å². The molecule has 0 spiro atoms. The fourth-order valence-electron chi connectivity index (χ4n) is 5.44. The summed E-state index contributed by atoms with van der Waals surface area (Å²) in [7, 11) is 0. The van der Waals surface area contributed by atoms with Crippen molar-refractivity contribution in [3.8, 4) is 23.0 Å². The predicted molar refractivity (Wildman–Crippen MR) is 199 cm³/mol. The summed E-state index contributed by atoms with van der Waals surface area (Å²) >= 11 is 0. The molecule has 0 N–H and O–H groups in total. The molecule has 4 aromatic carbocycles. The van der Waals surface area contributed by atoms with Crippen molar-refractivity contribution in [3.05, 3.63) is 144 Å². The molecule has 0 atom stereocenters. The number of carbonyl (C=O) groups is 4. The van der Waals surface area contributed by atoms with Gasteiger partial charge < -0.3 is 28.4 Å². The van der Waals surface area contributed by atoms with E-state index in [-0.39, 0.29) is 61.9 Å². The minimum Gasteiger partial charge on any atom is -0.457 e. The lowest BCUT2D eigenvalue weighted by molar-refractivity contribution is -0.288. The first-order valence-electron chi connectivity index (χ1n) is 17.6. The summed E-state index contributed by atoms with van der Waals surface area (Å²) in [4.78, 5) is 47.9.